The number of rotatable bonds is 5. The highest BCUT2D eigenvalue weighted by Gasteiger charge is 2.30. The van der Waals surface area contributed by atoms with Gasteiger partial charge in [-0.25, -0.2) is 0 Å². The van der Waals surface area contributed by atoms with Crippen LogP contribution in [0.3, 0.4) is 0 Å². The molecule has 6 heteroatoms. The number of hydrogen-bond donors (Lipinski definition) is 1. The van der Waals surface area contributed by atoms with Crippen molar-refractivity contribution in [2.75, 3.05) is 44.7 Å². The molecule has 2 aromatic carbocycles. The van der Waals surface area contributed by atoms with Gasteiger partial charge in [-0.1, -0.05) is 30.3 Å². The Kier molecular flexibility index (Phi) is 7.10. The average molecular weight is 435 g/mol. The quantitative estimate of drug-likeness (QED) is 0.783. The number of nitrogens with one attached hydrogen (secondary N) is 1. The van der Waals surface area contributed by atoms with Crippen LogP contribution in [0.4, 0.5) is 5.69 Å². The van der Waals surface area contributed by atoms with E-state index in [0.717, 1.165) is 38.3 Å². The fourth-order valence-electron chi connectivity index (χ4n) is 4.95. The highest BCUT2D eigenvalue weighted by Crippen LogP contribution is 2.31. The van der Waals surface area contributed by atoms with Crippen molar-refractivity contribution in [2.45, 2.75) is 38.8 Å². The largest absolute Gasteiger partial charge is 0.371 e. The van der Waals surface area contributed by atoms with Crippen molar-refractivity contribution in [1.29, 1.82) is 0 Å². The van der Waals surface area contributed by atoms with E-state index in [4.69, 9.17) is 0 Å². The fraction of sp³-hybridized carbons (Fsp3) is 0.462. The zero-order chi connectivity index (χ0) is 22.5. The second-order valence-corrected chi connectivity index (χ2v) is 8.83. The van der Waals surface area contributed by atoms with E-state index in [-0.39, 0.29) is 17.9 Å². The first-order chi connectivity index (χ1) is 15.6. The summed E-state index contributed by atoms with van der Waals surface area (Å²) in [5.41, 5.74) is 4.39. The van der Waals surface area contributed by atoms with Crippen molar-refractivity contribution in [3.8, 4) is 0 Å². The van der Waals surface area contributed by atoms with Crippen LogP contribution in [-0.4, -0.2) is 61.4 Å². The Morgan fingerprint density at radius 2 is 1.75 bits per heavy atom. The molecule has 0 bridgehead atoms. The SMILES string of the molecule is CNC(=O)c1cccc([C@@H]2CN(C(C)=O)CCN2Cc2ccccc2N2CCCCC2)c1. The summed E-state index contributed by atoms with van der Waals surface area (Å²) in [5, 5.41) is 2.71. The van der Waals surface area contributed by atoms with E-state index in [1.807, 2.05) is 23.1 Å². The number of anilines is 1. The third-order valence-electron chi connectivity index (χ3n) is 6.76. The van der Waals surface area contributed by atoms with Gasteiger partial charge in [-0.05, 0) is 48.6 Å². The number of nitrogens with zero attached hydrogens (tertiary/aromatic N) is 3. The number of para-hydroxylation sites is 1. The Morgan fingerprint density at radius 1 is 0.969 bits per heavy atom. The third kappa shape index (κ3) is 4.96. The number of benzene rings is 2. The van der Waals surface area contributed by atoms with Gasteiger partial charge in [-0.2, -0.15) is 0 Å². The summed E-state index contributed by atoms with van der Waals surface area (Å²) < 4.78 is 0. The van der Waals surface area contributed by atoms with Gasteiger partial charge in [-0.3, -0.25) is 14.5 Å². The Hall–Kier alpha value is -2.86. The van der Waals surface area contributed by atoms with Crippen molar-refractivity contribution in [3.05, 3.63) is 65.2 Å². The molecule has 0 unspecified atom stereocenters. The molecule has 2 aliphatic heterocycles. The van der Waals surface area contributed by atoms with Crippen LogP contribution in [0.2, 0.25) is 0 Å². The van der Waals surface area contributed by atoms with E-state index in [9.17, 15) is 9.59 Å². The molecule has 6 nitrogen and oxygen atoms in total. The number of carbonyl (C=O) groups excluding carboxylic acids is 2. The standard InChI is InChI=1S/C26H34N4O2/c1-20(31)29-15-16-30(25(19-29)21-10-8-11-22(17-21)26(32)27-2)18-23-9-4-5-12-24(23)28-13-6-3-7-14-28/h4-5,8-12,17,25H,3,6-7,13-16,18-19H2,1-2H3,(H,27,32)/t25-/m0/s1. The van der Waals surface area contributed by atoms with Crippen LogP contribution >= 0.6 is 0 Å². The lowest BCUT2D eigenvalue weighted by atomic mass is 9.98. The van der Waals surface area contributed by atoms with Gasteiger partial charge in [0, 0.05) is 64.5 Å². The zero-order valence-corrected chi connectivity index (χ0v) is 19.2. The Labute approximate surface area is 191 Å². The number of hydrogen-bond acceptors (Lipinski definition) is 4. The number of carbonyl (C=O) groups is 2. The molecule has 0 radical (unpaired) electrons. The number of amides is 2. The summed E-state index contributed by atoms with van der Waals surface area (Å²) in [6.07, 6.45) is 3.82. The first-order valence-corrected chi connectivity index (χ1v) is 11.7. The van der Waals surface area contributed by atoms with Crippen molar-refractivity contribution in [2.24, 2.45) is 0 Å². The van der Waals surface area contributed by atoms with Crippen LogP contribution in [0.25, 0.3) is 0 Å². The van der Waals surface area contributed by atoms with Gasteiger partial charge < -0.3 is 15.1 Å². The minimum Gasteiger partial charge on any atom is -0.371 e. The van der Waals surface area contributed by atoms with Crippen LogP contribution in [0.15, 0.2) is 48.5 Å². The molecule has 32 heavy (non-hydrogen) atoms. The molecular weight excluding hydrogens is 400 g/mol. The summed E-state index contributed by atoms with van der Waals surface area (Å²) in [6, 6.07) is 16.6. The maximum atomic E-state index is 12.2. The molecule has 0 saturated carbocycles. The highest BCUT2D eigenvalue weighted by atomic mass is 16.2. The van der Waals surface area contributed by atoms with E-state index >= 15 is 0 Å². The maximum absolute atomic E-state index is 12.2. The number of piperidine rings is 1. The molecule has 0 spiro atoms. The van der Waals surface area contributed by atoms with E-state index in [0.29, 0.717) is 12.1 Å². The topological polar surface area (TPSA) is 55.9 Å². The molecule has 2 aliphatic rings. The van der Waals surface area contributed by atoms with E-state index in [2.05, 4.69) is 45.4 Å². The molecule has 2 amide bonds. The molecule has 0 aliphatic carbocycles. The fourth-order valence-corrected chi connectivity index (χ4v) is 4.95. The summed E-state index contributed by atoms with van der Waals surface area (Å²) in [4.78, 5) is 31.3. The summed E-state index contributed by atoms with van der Waals surface area (Å²) in [7, 11) is 1.65. The summed E-state index contributed by atoms with van der Waals surface area (Å²) in [6.45, 7) is 6.88. The van der Waals surface area contributed by atoms with Gasteiger partial charge in [0.25, 0.3) is 5.91 Å². The maximum Gasteiger partial charge on any atom is 0.251 e. The first kappa shape index (κ1) is 22.3. The van der Waals surface area contributed by atoms with Crippen LogP contribution in [-0.2, 0) is 11.3 Å². The second kappa shape index (κ2) is 10.2. The van der Waals surface area contributed by atoms with Crippen molar-refractivity contribution in [3.63, 3.8) is 0 Å². The molecule has 2 fully saturated rings. The lowest BCUT2D eigenvalue weighted by Crippen LogP contribution is -2.49. The average Bonchev–Trinajstić information content (AvgIpc) is 2.84. The third-order valence-corrected chi connectivity index (χ3v) is 6.76. The molecule has 2 aromatic rings. The molecule has 4 rings (SSSR count). The van der Waals surface area contributed by atoms with Gasteiger partial charge in [0.15, 0.2) is 0 Å². The Balaban J connectivity index is 1.62. The van der Waals surface area contributed by atoms with Gasteiger partial charge in [0.1, 0.15) is 0 Å². The lowest BCUT2D eigenvalue weighted by molar-refractivity contribution is -0.132. The molecule has 1 atom stereocenters. The van der Waals surface area contributed by atoms with Crippen LogP contribution in [0.1, 0.15) is 53.7 Å². The molecular formula is C26H34N4O2. The first-order valence-electron chi connectivity index (χ1n) is 11.7. The minimum atomic E-state index is -0.0897. The monoisotopic (exact) mass is 434 g/mol. The molecule has 0 aromatic heterocycles. The molecule has 1 N–H and O–H groups in total. The van der Waals surface area contributed by atoms with Crippen molar-refractivity contribution < 1.29 is 9.59 Å². The van der Waals surface area contributed by atoms with Gasteiger partial charge in [-0.15, -0.1) is 0 Å². The van der Waals surface area contributed by atoms with Gasteiger partial charge in [0.05, 0.1) is 6.04 Å². The Morgan fingerprint density at radius 3 is 2.50 bits per heavy atom. The summed E-state index contributed by atoms with van der Waals surface area (Å²) in [5.74, 6) is 0.0129. The second-order valence-electron chi connectivity index (χ2n) is 8.83. The van der Waals surface area contributed by atoms with Crippen molar-refractivity contribution >= 4 is 17.5 Å². The van der Waals surface area contributed by atoms with Crippen LogP contribution in [0, 0.1) is 0 Å². The van der Waals surface area contributed by atoms with Crippen LogP contribution < -0.4 is 10.2 Å². The predicted octanol–water partition coefficient (Wildman–Crippen LogP) is 3.44. The molecule has 2 saturated heterocycles. The van der Waals surface area contributed by atoms with E-state index < -0.39 is 0 Å². The lowest BCUT2D eigenvalue weighted by Gasteiger charge is -2.42. The van der Waals surface area contributed by atoms with E-state index in [1.165, 1.54) is 30.5 Å². The normalized spacial score (nSPS) is 19.6. The van der Waals surface area contributed by atoms with Crippen LogP contribution in [0.5, 0.6) is 0 Å². The predicted molar refractivity (Wildman–Crippen MR) is 128 cm³/mol. The zero-order valence-electron chi connectivity index (χ0n) is 19.2. The molecule has 2 heterocycles. The van der Waals surface area contributed by atoms with E-state index in [1.54, 1.807) is 14.0 Å². The molecule has 170 valence electrons. The smallest absolute Gasteiger partial charge is 0.251 e. The number of piperazine rings is 1. The highest BCUT2D eigenvalue weighted by molar-refractivity contribution is 5.94. The van der Waals surface area contributed by atoms with Gasteiger partial charge in [0.2, 0.25) is 5.91 Å². The van der Waals surface area contributed by atoms with Crippen molar-refractivity contribution in [1.82, 2.24) is 15.1 Å². The minimum absolute atomic E-state index is 0.0478. The van der Waals surface area contributed by atoms with Gasteiger partial charge >= 0.3 is 0 Å². The Bertz CT molecular complexity index is 954. The summed E-state index contributed by atoms with van der Waals surface area (Å²) >= 11 is 0.